The van der Waals surface area contributed by atoms with Crippen LogP contribution in [0.1, 0.15) is 6.42 Å². The molecule has 0 radical (unpaired) electrons. The number of carboxylic acid groups (broad SMARTS) is 1. The van der Waals surface area contributed by atoms with Crippen molar-refractivity contribution in [3.05, 3.63) is 29.8 Å². The van der Waals surface area contributed by atoms with E-state index in [2.05, 4.69) is 0 Å². The Bertz CT molecular complexity index is 469. The van der Waals surface area contributed by atoms with E-state index in [0.717, 1.165) is 5.52 Å². The van der Waals surface area contributed by atoms with Crippen molar-refractivity contribution in [2.75, 3.05) is 0 Å². The smallest absolute Gasteiger partial charge is 0.225 e. The Balaban J connectivity index is 0.00000112. The van der Waals surface area contributed by atoms with E-state index in [1.165, 1.54) is 4.70 Å². The summed E-state index contributed by atoms with van der Waals surface area (Å²) in [6, 6.07) is 7.93. The van der Waals surface area contributed by atoms with Crippen LogP contribution < -0.4 is 9.67 Å². The number of aryl methyl sites for hydroxylation is 1. The number of nitrogens with zero attached hydrogens (tertiary/aromatic N) is 1. The number of carboxylic acids is 1. The van der Waals surface area contributed by atoms with E-state index in [1.807, 2.05) is 34.3 Å². The number of carbonyl (C=O) groups is 1. The first-order chi connectivity index (χ1) is 6.77. The predicted octanol–water partition coefficient (Wildman–Crippen LogP) is 0.907. The lowest BCUT2D eigenvalue weighted by Gasteiger charge is -1.96. The monoisotopic (exact) mass is 287 g/mol. The average Bonchev–Trinajstić information content (AvgIpc) is 2.58. The molecule has 0 N–H and O–H groups in total. The first-order valence-electron chi connectivity index (χ1n) is 4.33. The van der Waals surface area contributed by atoms with Crippen LogP contribution in [0.4, 0.5) is 0 Å². The third-order valence-corrected chi connectivity index (χ3v) is 3.00. The lowest BCUT2D eigenvalue weighted by Crippen LogP contribution is -2.35. The lowest BCUT2D eigenvalue weighted by atomic mass is 10.3. The largest absolute Gasteiger partial charge is 0.550 e. The van der Waals surface area contributed by atoms with Gasteiger partial charge in [-0.25, -0.2) is 0 Å². The van der Waals surface area contributed by atoms with Gasteiger partial charge in [0.15, 0.2) is 6.54 Å². The van der Waals surface area contributed by atoms with Crippen LogP contribution in [-0.2, 0) is 11.3 Å². The standard InChI is InChI=1S/C10H9NO2S.BrH/c12-10(13)5-6-11-7-14-9-4-2-1-3-8(9)11;/h1-4,7H,5-6H2;1H. The summed E-state index contributed by atoms with van der Waals surface area (Å²) < 4.78 is 3.11. The van der Waals surface area contributed by atoms with Gasteiger partial charge in [0, 0.05) is 18.5 Å². The first-order valence-corrected chi connectivity index (χ1v) is 5.21. The molecule has 0 aliphatic carbocycles. The molecule has 0 saturated heterocycles. The summed E-state index contributed by atoms with van der Waals surface area (Å²) in [4.78, 5) is 10.3. The fraction of sp³-hybridized carbons (Fsp3) is 0.200. The third-order valence-electron chi connectivity index (χ3n) is 2.04. The highest BCUT2D eigenvalue weighted by atomic mass is 79.9. The molecule has 1 heterocycles. The molecule has 1 aromatic carbocycles. The average molecular weight is 288 g/mol. The summed E-state index contributed by atoms with van der Waals surface area (Å²) in [7, 11) is 0. The van der Waals surface area contributed by atoms with Crippen LogP contribution in [0.5, 0.6) is 0 Å². The maximum Gasteiger partial charge on any atom is 0.225 e. The molecule has 80 valence electrons. The van der Waals surface area contributed by atoms with Gasteiger partial charge < -0.3 is 9.90 Å². The number of benzene rings is 1. The quantitative estimate of drug-likeness (QED) is 0.788. The van der Waals surface area contributed by atoms with Gasteiger partial charge in [-0.15, -0.1) is 17.0 Å². The van der Waals surface area contributed by atoms with Crippen molar-refractivity contribution < 1.29 is 14.5 Å². The van der Waals surface area contributed by atoms with Crippen molar-refractivity contribution in [3.8, 4) is 0 Å². The van der Waals surface area contributed by atoms with Crippen LogP contribution in [0.15, 0.2) is 29.8 Å². The minimum atomic E-state index is -1.01. The second-order valence-electron chi connectivity index (χ2n) is 3.01. The number of hydrogen-bond donors (Lipinski definition) is 0. The molecule has 0 unspecified atom stereocenters. The van der Waals surface area contributed by atoms with Gasteiger partial charge in [0.2, 0.25) is 11.0 Å². The number of fused-ring (bicyclic) bond motifs is 1. The zero-order chi connectivity index (χ0) is 9.97. The third kappa shape index (κ3) is 2.76. The van der Waals surface area contributed by atoms with Crippen LogP contribution >= 0.6 is 28.3 Å². The Labute approximate surface area is 102 Å². The van der Waals surface area contributed by atoms with E-state index >= 15 is 0 Å². The molecule has 15 heavy (non-hydrogen) atoms. The van der Waals surface area contributed by atoms with E-state index in [9.17, 15) is 9.90 Å². The van der Waals surface area contributed by atoms with Crippen LogP contribution in [0.3, 0.4) is 0 Å². The lowest BCUT2D eigenvalue weighted by molar-refractivity contribution is -0.666. The van der Waals surface area contributed by atoms with Crippen LogP contribution in [-0.4, -0.2) is 5.97 Å². The number of hydrogen-bond acceptors (Lipinski definition) is 3. The van der Waals surface area contributed by atoms with Gasteiger partial charge in [-0.1, -0.05) is 23.5 Å². The Morgan fingerprint density at radius 3 is 2.87 bits per heavy atom. The van der Waals surface area contributed by atoms with E-state index in [-0.39, 0.29) is 23.4 Å². The van der Waals surface area contributed by atoms with Crippen molar-refractivity contribution in [1.82, 2.24) is 0 Å². The topological polar surface area (TPSA) is 44.0 Å². The minimum absolute atomic E-state index is 0. The fourth-order valence-corrected chi connectivity index (χ4v) is 2.28. The molecule has 0 amide bonds. The molecular formula is C10H10BrNO2S. The minimum Gasteiger partial charge on any atom is -0.550 e. The van der Waals surface area contributed by atoms with Gasteiger partial charge in [0.25, 0.3) is 0 Å². The van der Waals surface area contributed by atoms with E-state index in [4.69, 9.17) is 0 Å². The highest BCUT2D eigenvalue weighted by molar-refractivity contribution is 8.93. The van der Waals surface area contributed by atoms with Gasteiger partial charge in [0.1, 0.15) is 4.70 Å². The summed E-state index contributed by atoms with van der Waals surface area (Å²) in [5.41, 5.74) is 3.02. The van der Waals surface area contributed by atoms with Gasteiger partial charge in [-0.3, -0.25) is 0 Å². The molecule has 1 aromatic heterocycles. The summed E-state index contributed by atoms with van der Waals surface area (Å²) in [6.07, 6.45) is 0.0609. The maximum atomic E-state index is 10.3. The van der Waals surface area contributed by atoms with Crippen LogP contribution in [0.25, 0.3) is 10.2 Å². The molecule has 0 spiro atoms. The first kappa shape index (κ1) is 12.1. The zero-order valence-corrected chi connectivity index (χ0v) is 10.4. The number of aliphatic carboxylic acids is 1. The Kier molecular flexibility index (Phi) is 4.23. The molecule has 0 atom stereocenters. The second kappa shape index (κ2) is 5.23. The van der Waals surface area contributed by atoms with Crippen LogP contribution in [0, 0.1) is 0 Å². The van der Waals surface area contributed by atoms with Gasteiger partial charge in [-0.2, -0.15) is 4.57 Å². The molecule has 2 rings (SSSR count). The van der Waals surface area contributed by atoms with Crippen molar-refractivity contribution in [2.24, 2.45) is 0 Å². The Morgan fingerprint density at radius 1 is 1.40 bits per heavy atom. The zero-order valence-electron chi connectivity index (χ0n) is 7.88. The van der Waals surface area contributed by atoms with E-state index < -0.39 is 5.97 Å². The summed E-state index contributed by atoms with van der Waals surface area (Å²) in [5.74, 6) is -1.01. The number of carbonyl (C=O) groups excluding carboxylic acids is 1. The molecule has 3 nitrogen and oxygen atoms in total. The molecule has 0 aliphatic rings. The molecule has 5 heteroatoms. The number of aromatic nitrogens is 1. The molecule has 0 saturated carbocycles. The predicted molar refractivity (Wildman–Crippen MR) is 62.0 cm³/mol. The van der Waals surface area contributed by atoms with Crippen LogP contribution in [0.2, 0.25) is 0 Å². The summed E-state index contributed by atoms with van der Waals surface area (Å²) in [5, 5.41) is 10.3. The van der Waals surface area contributed by atoms with Gasteiger partial charge >= 0.3 is 0 Å². The van der Waals surface area contributed by atoms with E-state index in [0.29, 0.717) is 6.54 Å². The normalized spacial score (nSPS) is 9.87. The number of halogens is 1. The number of para-hydroxylation sites is 1. The SMILES string of the molecule is Br.O=C([O-])CC[n+]1csc2ccccc21. The molecule has 0 aliphatic heterocycles. The Hall–Kier alpha value is -0.940. The maximum absolute atomic E-state index is 10.3. The fourth-order valence-electron chi connectivity index (χ4n) is 1.36. The molecule has 2 aromatic rings. The second-order valence-corrected chi connectivity index (χ2v) is 3.89. The highest BCUT2D eigenvalue weighted by Gasteiger charge is 2.09. The molecular weight excluding hydrogens is 278 g/mol. The highest BCUT2D eigenvalue weighted by Crippen LogP contribution is 2.14. The van der Waals surface area contributed by atoms with Crippen molar-refractivity contribution in [2.45, 2.75) is 13.0 Å². The van der Waals surface area contributed by atoms with Gasteiger partial charge in [0.05, 0.1) is 0 Å². The summed E-state index contributed by atoms with van der Waals surface area (Å²) >= 11 is 1.62. The van der Waals surface area contributed by atoms with Crippen molar-refractivity contribution >= 4 is 44.5 Å². The number of rotatable bonds is 3. The summed E-state index contributed by atoms with van der Waals surface area (Å²) in [6.45, 7) is 0.479. The molecule has 0 fully saturated rings. The van der Waals surface area contributed by atoms with Crippen molar-refractivity contribution in [1.29, 1.82) is 0 Å². The van der Waals surface area contributed by atoms with E-state index in [1.54, 1.807) is 11.3 Å². The Morgan fingerprint density at radius 2 is 2.13 bits per heavy atom. The van der Waals surface area contributed by atoms with Gasteiger partial charge in [-0.05, 0) is 6.07 Å². The number of thiazole rings is 1. The molecule has 0 bridgehead atoms. The van der Waals surface area contributed by atoms with Crippen molar-refractivity contribution in [3.63, 3.8) is 0 Å².